The minimum atomic E-state index is 0. The van der Waals surface area contributed by atoms with Crippen LogP contribution in [-0.2, 0) is 6.54 Å². The summed E-state index contributed by atoms with van der Waals surface area (Å²) in [5.41, 5.74) is 7.41. The van der Waals surface area contributed by atoms with Crippen LogP contribution in [0.1, 0.15) is 35.1 Å². The van der Waals surface area contributed by atoms with Crippen LogP contribution < -0.4 is 5.73 Å². The summed E-state index contributed by atoms with van der Waals surface area (Å²) in [5.74, 6) is 0.838. The molecule has 1 aromatic rings. The third kappa shape index (κ3) is 3.70. The molecule has 0 amide bonds. The average Bonchev–Trinajstić information content (AvgIpc) is 2.60. The molecular weight excluding hydrogens is 264 g/mol. The first kappa shape index (κ1) is 16.0. The van der Waals surface area contributed by atoms with Crippen molar-refractivity contribution >= 4 is 23.7 Å². The topological polar surface area (TPSA) is 29.3 Å². The maximum atomic E-state index is 5.91. The number of thiophene rings is 1. The number of piperidine rings is 1. The van der Waals surface area contributed by atoms with Crippen LogP contribution in [0.4, 0.5) is 0 Å². The van der Waals surface area contributed by atoms with Gasteiger partial charge in [0.1, 0.15) is 0 Å². The summed E-state index contributed by atoms with van der Waals surface area (Å²) in [6.07, 6.45) is 2.58. The quantitative estimate of drug-likeness (QED) is 0.924. The van der Waals surface area contributed by atoms with Gasteiger partial charge in [0.25, 0.3) is 0 Å². The van der Waals surface area contributed by atoms with Gasteiger partial charge >= 0.3 is 0 Å². The molecule has 1 aliphatic rings. The summed E-state index contributed by atoms with van der Waals surface area (Å²) in [4.78, 5) is 5.47. The molecule has 18 heavy (non-hydrogen) atoms. The van der Waals surface area contributed by atoms with Crippen LogP contribution in [0.15, 0.2) is 6.07 Å². The van der Waals surface area contributed by atoms with Crippen molar-refractivity contribution in [2.24, 2.45) is 11.7 Å². The van der Waals surface area contributed by atoms with Gasteiger partial charge in [0.2, 0.25) is 0 Å². The van der Waals surface area contributed by atoms with Crippen LogP contribution >= 0.6 is 23.7 Å². The largest absolute Gasteiger partial charge is 0.329 e. The van der Waals surface area contributed by atoms with Gasteiger partial charge in [0, 0.05) is 28.9 Å². The molecule has 1 aromatic heterocycles. The average molecular weight is 289 g/mol. The van der Waals surface area contributed by atoms with Crippen LogP contribution in [-0.4, -0.2) is 24.0 Å². The number of rotatable bonds is 3. The first-order valence-electron chi connectivity index (χ1n) is 6.60. The summed E-state index contributed by atoms with van der Waals surface area (Å²) >= 11 is 1.91. The Labute approximate surface area is 121 Å². The summed E-state index contributed by atoms with van der Waals surface area (Å²) in [7, 11) is 0. The van der Waals surface area contributed by atoms with Crippen LogP contribution in [0, 0.1) is 19.8 Å². The van der Waals surface area contributed by atoms with E-state index in [9.17, 15) is 0 Å². The molecule has 0 radical (unpaired) electrons. The van der Waals surface area contributed by atoms with Gasteiger partial charge in [-0.1, -0.05) is 6.92 Å². The first-order valence-corrected chi connectivity index (χ1v) is 7.41. The van der Waals surface area contributed by atoms with E-state index in [0.717, 1.165) is 19.0 Å². The van der Waals surface area contributed by atoms with Crippen LogP contribution in [0.25, 0.3) is 0 Å². The molecule has 0 saturated carbocycles. The molecule has 2 unspecified atom stereocenters. The number of likely N-dealkylation sites (tertiary alicyclic amines) is 1. The second-order valence-electron chi connectivity index (χ2n) is 5.43. The number of halogens is 1. The molecule has 0 spiro atoms. The monoisotopic (exact) mass is 288 g/mol. The van der Waals surface area contributed by atoms with Crippen molar-refractivity contribution in [1.82, 2.24) is 4.90 Å². The number of nitrogens with two attached hydrogens (primary N) is 1. The minimum Gasteiger partial charge on any atom is -0.329 e. The van der Waals surface area contributed by atoms with E-state index >= 15 is 0 Å². The van der Waals surface area contributed by atoms with E-state index in [4.69, 9.17) is 5.73 Å². The minimum absolute atomic E-state index is 0. The second-order valence-corrected chi connectivity index (χ2v) is 6.89. The predicted molar refractivity (Wildman–Crippen MR) is 82.7 cm³/mol. The number of hydrogen-bond acceptors (Lipinski definition) is 3. The predicted octanol–water partition coefficient (Wildman–Crippen LogP) is 3.35. The molecule has 2 heterocycles. The molecule has 2 nitrogen and oxygen atoms in total. The summed E-state index contributed by atoms with van der Waals surface area (Å²) < 4.78 is 0. The summed E-state index contributed by atoms with van der Waals surface area (Å²) in [6, 6.07) is 2.92. The molecule has 1 fully saturated rings. The van der Waals surface area contributed by atoms with Gasteiger partial charge < -0.3 is 5.73 Å². The van der Waals surface area contributed by atoms with Crippen LogP contribution in [0.2, 0.25) is 0 Å². The van der Waals surface area contributed by atoms with Gasteiger partial charge in [-0.3, -0.25) is 4.90 Å². The number of aryl methyl sites for hydroxylation is 2. The highest BCUT2D eigenvalue weighted by Gasteiger charge is 2.25. The molecule has 1 aliphatic heterocycles. The molecule has 2 atom stereocenters. The zero-order chi connectivity index (χ0) is 12.4. The Bertz CT molecular complexity index is 378. The molecule has 4 heteroatoms. The van der Waals surface area contributed by atoms with Crippen molar-refractivity contribution in [2.45, 2.75) is 46.2 Å². The Morgan fingerprint density at radius 1 is 1.44 bits per heavy atom. The fourth-order valence-electron chi connectivity index (χ4n) is 2.81. The molecular formula is C14H25ClN2S. The molecule has 2 rings (SSSR count). The van der Waals surface area contributed by atoms with Gasteiger partial charge in [-0.25, -0.2) is 0 Å². The van der Waals surface area contributed by atoms with Crippen molar-refractivity contribution in [1.29, 1.82) is 0 Å². The highest BCUT2D eigenvalue weighted by molar-refractivity contribution is 7.12. The Balaban J connectivity index is 0.00000162. The lowest BCUT2D eigenvalue weighted by Gasteiger charge is -2.38. The third-order valence-electron chi connectivity index (χ3n) is 3.89. The summed E-state index contributed by atoms with van der Waals surface area (Å²) in [5, 5.41) is 0. The van der Waals surface area contributed by atoms with Gasteiger partial charge in [0.05, 0.1) is 0 Å². The molecule has 0 bridgehead atoms. The molecule has 0 aliphatic carbocycles. The zero-order valence-electron chi connectivity index (χ0n) is 11.6. The number of hydrogen-bond donors (Lipinski definition) is 1. The fourth-order valence-corrected chi connectivity index (χ4v) is 3.75. The Hall–Kier alpha value is -0.0900. The van der Waals surface area contributed by atoms with E-state index in [1.54, 1.807) is 0 Å². The SMILES string of the molecule is Cc1cc(CN2CCC(C)CC2CN)c(C)s1.Cl. The smallest absolute Gasteiger partial charge is 0.0248 e. The van der Waals surface area contributed by atoms with E-state index in [-0.39, 0.29) is 12.4 Å². The molecule has 104 valence electrons. The maximum absolute atomic E-state index is 5.91. The molecule has 2 N–H and O–H groups in total. The van der Waals surface area contributed by atoms with Gasteiger partial charge in [-0.15, -0.1) is 23.7 Å². The zero-order valence-corrected chi connectivity index (χ0v) is 13.2. The van der Waals surface area contributed by atoms with E-state index < -0.39 is 0 Å². The highest BCUT2D eigenvalue weighted by atomic mass is 35.5. The lowest BCUT2D eigenvalue weighted by atomic mass is 9.92. The van der Waals surface area contributed by atoms with Crippen molar-refractivity contribution in [2.75, 3.05) is 13.1 Å². The van der Waals surface area contributed by atoms with Gasteiger partial charge in [0.15, 0.2) is 0 Å². The van der Waals surface area contributed by atoms with Crippen molar-refractivity contribution in [3.05, 3.63) is 21.4 Å². The normalized spacial score (nSPS) is 24.9. The first-order chi connectivity index (χ1) is 8.10. The Morgan fingerprint density at radius 3 is 2.72 bits per heavy atom. The standard InChI is InChI=1S/C14H24N2S.ClH/c1-10-4-5-16(14(6-10)8-15)9-13-7-11(2)17-12(13)3;/h7,10,14H,4-6,8-9,15H2,1-3H3;1H. The van der Waals surface area contributed by atoms with Crippen LogP contribution in [0.5, 0.6) is 0 Å². The lowest BCUT2D eigenvalue weighted by molar-refractivity contribution is 0.115. The molecule has 0 aromatic carbocycles. The van der Waals surface area contributed by atoms with Crippen molar-refractivity contribution in [3.63, 3.8) is 0 Å². The maximum Gasteiger partial charge on any atom is 0.0248 e. The number of nitrogens with zero attached hydrogens (tertiary/aromatic N) is 1. The van der Waals surface area contributed by atoms with Crippen LogP contribution in [0.3, 0.4) is 0 Å². The van der Waals surface area contributed by atoms with E-state index in [0.29, 0.717) is 6.04 Å². The van der Waals surface area contributed by atoms with Gasteiger partial charge in [-0.2, -0.15) is 0 Å². The molecule has 1 saturated heterocycles. The summed E-state index contributed by atoms with van der Waals surface area (Å²) in [6.45, 7) is 9.87. The highest BCUT2D eigenvalue weighted by Crippen LogP contribution is 2.27. The Kier molecular flexibility index (Phi) is 6.12. The second kappa shape index (κ2) is 6.90. The van der Waals surface area contributed by atoms with E-state index in [2.05, 4.69) is 31.7 Å². The van der Waals surface area contributed by atoms with Gasteiger partial charge in [-0.05, 0) is 50.8 Å². The van der Waals surface area contributed by atoms with E-state index in [1.165, 1.54) is 34.7 Å². The Morgan fingerprint density at radius 2 is 2.17 bits per heavy atom. The van der Waals surface area contributed by atoms with Crippen molar-refractivity contribution in [3.8, 4) is 0 Å². The van der Waals surface area contributed by atoms with Crippen molar-refractivity contribution < 1.29 is 0 Å². The lowest BCUT2D eigenvalue weighted by Crippen LogP contribution is -2.45. The third-order valence-corrected chi connectivity index (χ3v) is 4.90. The fraction of sp³-hybridized carbons (Fsp3) is 0.714. The van der Waals surface area contributed by atoms with E-state index in [1.807, 2.05) is 11.3 Å².